The first-order chi connectivity index (χ1) is 25.9. The SMILES string of the molecule is COCCOCC(COC(=O)NCC(=O)N[C@H]1C(CO)O[C@@H](O[P@](C)(=O)O[P@](C)(=O)OC/C=C(/C)CC/C=C(\C)CCC=C(C)C)C(O)[C@H]1O)OCCOC. The van der Waals surface area contributed by atoms with Gasteiger partial charge in [0, 0.05) is 27.5 Å². The molecule has 0 saturated carbocycles. The Morgan fingerprint density at radius 1 is 0.855 bits per heavy atom. The predicted molar refractivity (Wildman–Crippen MR) is 204 cm³/mol. The van der Waals surface area contributed by atoms with Crippen LogP contribution in [0.4, 0.5) is 4.79 Å². The zero-order valence-electron chi connectivity index (χ0n) is 33.4. The van der Waals surface area contributed by atoms with Crippen LogP contribution in [0, 0.1) is 0 Å². The van der Waals surface area contributed by atoms with Crippen molar-refractivity contribution < 1.29 is 75.8 Å². The fourth-order valence-electron chi connectivity index (χ4n) is 4.92. The van der Waals surface area contributed by atoms with Gasteiger partial charge in [-0.1, -0.05) is 34.9 Å². The van der Waals surface area contributed by atoms with E-state index in [9.17, 15) is 34.0 Å². The minimum absolute atomic E-state index is 0.0845. The van der Waals surface area contributed by atoms with E-state index in [-0.39, 0.29) is 26.4 Å². The van der Waals surface area contributed by atoms with Crippen molar-refractivity contribution in [2.24, 2.45) is 0 Å². The Balaban J connectivity index is 2.63. The van der Waals surface area contributed by atoms with Crippen molar-refractivity contribution in [3.05, 3.63) is 34.9 Å². The van der Waals surface area contributed by atoms with Crippen LogP contribution in [0.25, 0.3) is 0 Å². The van der Waals surface area contributed by atoms with Gasteiger partial charge in [0.15, 0.2) is 6.29 Å². The summed E-state index contributed by atoms with van der Waals surface area (Å²) in [6, 6.07) is -1.39. The van der Waals surface area contributed by atoms with Gasteiger partial charge in [-0.25, -0.2) is 9.11 Å². The number of allylic oxidation sites excluding steroid dienone is 5. The van der Waals surface area contributed by atoms with Crippen LogP contribution in [0.2, 0.25) is 0 Å². The number of carbonyl (C=O) groups excluding carboxylic acids is 2. The first-order valence-corrected chi connectivity index (χ1v) is 22.0. The van der Waals surface area contributed by atoms with Crippen molar-refractivity contribution in [1.29, 1.82) is 0 Å². The Morgan fingerprint density at radius 3 is 2.13 bits per heavy atom. The number of ether oxygens (including phenoxy) is 6. The lowest BCUT2D eigenvalue weighted by atomic mass is 9.96. The number of alkyl carbamates (subject to hydrolysis) is 1. The molecule has 1 aliphatic heterocycles. The number of nitrogens with one attached hydrogen (secondary N) is 2. The molecule has 18 nitrogen and oxygen atoms in total. The van der Waals surface area contributed by atoms with Crippen molar-refractivity contribution >= 4 is 27.2 Å². The summed E-state index contributed by atoms with van der Waals surface area (Å²) in [6.07, 6.45) is 1.27. The van der Waals surface area contributed by atoms with Crippen molar-refractivity contribution in [3.63, 3.8) is 0 Å². The molecule has 0 aromatic rings. The molecule has 0 spiro atoms. The third-order valence-corrected chi connectivity index (χ3v) is 11.4. The van der Waals surface area contributed by atoms with E-state index in [0.29, 0.717) is 19.8 Å². The fraction of sp³-hybridized carbons (Fsp3) is 0.771. The van der Waals surface area contributed by atoms with Crippen molar-refractivity contribution in [3.8, 4) is 0 Å². The van der Waals surface area contributed by atoms with E-state index >= 15 is 0 Å². The maximum absolute atomic E-state index is 13.2. The maximum atomic E-state index is 13.2. The van der Waals surface area contributed by atoms with Gasteiger partial charge in [0.05, 0.1) is 52.3 Å². The second-order valence-electron chi connectivity index (χ2n) is 13.3. The van der Waals surface area contributed by atoms with Crippen LogP contribution in [0.15, 0.2) is 34.9 Å². The number of aliphatic hydroxyl groups excluding tert-OH is 3. The average molecular weight is 831 g/mol. The summed E-state index contributed by atoms with van der Waals surface area (Å²) >= 11 is 0. The number of methoxy groups -OCH3 is 2. The molecule has 5 N–H and O–H groups in total. The molecule has 20 heteroatoms. The van der Waals surface area contributed by atoms with Gasteiger partial charge >= 0.3 is 21.3 Å². The lowest BCUT2D eigenvalue weighted by molar-refractivity contribution is -0.252. The van der Waals surface area contributed by atoms with Crippen LogP contribution < -0.4 is 10.6 Å². The van der Waals surface area contributed by atoms with E-state index in [1.54, 1.807) is 6.08 Å². The average Bonchev–Trinajstić information content (AvgIpc) is 3.10. The van der Waals surface area contributed by atoms with Crippen molar-refractivity contribution in [2.75, 3.05) is 86.9 Å². The Kier molecular flexibility index (Phi) is 25.6. The zero-order valence-corrected chi connectivity index (χ0v) is 35.2. The Bertz CT molecular complexity index is 1320. The Labute approximate surface area is 325 Å². The van der Waals surface area contributed by atoms with Crippen molar-refractivity contribution in [1.82, 2.24) is 10.6 Å². The first-order valence-electron chi connectivity index (χ1n) is 18.1. The summed E-state index contributed by atoms with van der Waals surface area (Å²) in [7, 11) is -5.18. The van der Waals surface area contributed by atoms with E-state index in [1.807, 2.05) is 6.92 Å². The molecule has 0 aromatic carbocycles. The van der Waals surface area contributed by atoms with Crippen LogP contribution in [0.5, 0.6) is 0 Å². The number of carbonyl (C=O) groups is 2. The number of aliphatic hydroxyl groups is 3. The third kappa shape index (κ3) is 23.1. The second kappa shape index (κ2) is 27.6. The molecular weight excluding hydrogens is 766 g/mol. The summed E-state index contributed by atoms with van der Waals surface area (Å²) in [5.41, 5.74) is 3.59. The second-order valence-corrected chi connectivity index (χ2v) is 17.5. The molecule has 1 aliphatic rings. The molecule has 1 rings (SSSR count). The molecule has 55 heavy (non-hydrogen) atoms. The van der Waals surface area contributed by atoms with Gasteiger partial charge in [-0.3, -0.25) is 18.4 Å². The molecule has 1 fully saturated rings. The van der Waals surface area contributed by atoms with Gasteiger partial charge in [-0.05, 0) is 53.4 Å². The standard InChI is InChI=1S/C35H64N2O16P2/c1-25(2)11-9-12-26(3)13-10-14-27(4)15-16-50-54(7,43)53-55(8,44)52-34-33(41)32(40)31(29(22-38)51-34)37-30(39)21-36-35(42)49-24-28(48-20-18-46-6)23-47-19-17-45-5/h11,13,15,28-29,31-34,38,40-41H,9-10,12,14,16-24H2,1-8H3,(H,36,42)(H,37,39)/b26-13+,27-15-/t28?,29?,31-,32-,33?,34-,54+,55-/m0/s1. The highest BCUT2D eigenvalue weighted by molar-refractivity contribution is 7.66. The van der Waals surface area contributed by atoms with Crippen LogP contribution in [-0.4, -0.2) is 151 Å². The summed E-state index contributed by atoms with van der Waals surface area (Å²) < 4.78 is 73.6. The summed E-state index contributed by atoms with van der Waals surface area (Å²) in [4.78, 5) is 24.9. The van der Waals surface area contributed by atoms with E-state index < -0.39 is 77.1 Å². The number of amides is 2. The zero-order chi connectivity index (χ0) is 41.4. The van der Waals surface area contributed by atoms with Crippen LogP contribution in [0.3, 0.4) is 0 Å². The maximum Gasteiger partial charge on any atom is 0.407 e. The minimum Gasteiger partial charge on any atom is -0.447 e. The quantitative estimate of drug-likeness (QED) is 0.0431. The molecule has 320 valence electrons. The lowest BCUT2D eigenvalue weighted by Crippen LogP contribution is -2.65. The molecule has 1 saturated heterocycles. The Hall–Kier alpha value is -2.02. The molecule has 8 atom stereocenters. The molecule has 0 aromatic heterocycles. The highest BCUT2D eigenvalue weighted by Crippen LogP contribution is 2.62. The monoisotopic (exact) mass is 830 g/mol. The van der Waals surface area contributed by atoms with Crippen LogP contribution >= 0.6 is 15.2 Å². The molecular formula is C35H64N2O16P2. The molecule has 1 heterocycles. The smallest absolute Gasteiger partial charge is 0.407 e. The van der Waals surface area contributed by atoms with Gasteiger partial charge in [-0.15, -0.1) is 0 Å². The topological polar surface area (TPSA) is 236 Å². The third-order valence-electron chi connectivity index (χ3n) is 7.84. The molecule has 0 radical (unpaired) electrons. The highest BCUT2D eigenvalue weighted by atomic mass is 31.3. The normalized spacial score (nSPS) is 23.3. The summed E-state index contributed by atoms with van der Waals surface area (Å²) in [5, 5.41) is 36.1. The van der Waals surface area contributed by atoms with Crippen LogP contribution in [-0.2, 0) is 55.7 Å². The van der Waals surface area contributed by atoms with Gasteiger partial charge in [0.25, 0.3) is 0 Å². The Morgan fingerprint density at radius 2 is 1.49 bits per heavy atom. The highest BCUT2D eigenvalue weighted by Gasteiger charge is 2.48. The number of rotatable bonds is 28. The number of hydrogen-bond acceptors (Lipinski definition) is 16. The van der Waals surface area contributed by atoms with Gasteiger partial charge in [-0.2, -0.15) is 0 Å². The molecule has 0 aliphatic carbocycles. The van der Waals surface area contributed by atoms with E-state index in [4.69, 9.17) is 41.8 Å². The fourth-order valence-corrected chi connectivity index (χ4v) is 8.31. The van der Waals surface area contributed by atoms with E-state index in [2.05, 4.69) is 43.6 Å². The summed E-state index contributed by atoms with van der Waals surface area (Å²) in [6.45, 7) is 9.89. The summed E-state index contributed by atoms with van der Waals surface area (Å²) in [5.74, 6) is -0.829. The van der Waals surface area contributed by atoms with Crippen LogP contribution in [0.1, 0.15) is 53.4 Å². The van der Waals surface area contributed by atoms with Gasteiger partial charge in [0.2, 0.25) is 5.91 Å². The number of hydrogen-bond donors (Lipinski definition) is 5. The van der Waals surface area contributed by atoms with E-state index in [0.717, 1.165) is 44.6 Å². The van der Waals surface area contributed by atoms with Gasteiger partial charge < -0.3 is 58.9 Å². The van der Waals surface area contributed by atoms with E-state index in [1.165, 1.54) is 25.4 Å². The minimum atomic E-state index is -4.27. The largest absolute Gasteiger partial charge is 0.447 e. The van der Waals surface area contributed by atoms with Crippen molar-refractivity contribution in [2.45, 2.75) is 90.1 Å². The lowest BCUT2D eigenvalue weighted by Gasteiger charge is -2.42. The predicted octanol–water partition coefficient (Wildman–Crippen LogP) is 3.45. The van der Waals surface area contributed by atoms with Gasteiger partial charge in [0.1, 0.15) is 37.6 Å². The molecule has 0 bridgehead atoms. The molecule has 2 amide bonds. The first kappa shape index (κ1) is 51.0. The molecule has 3 unspecified atom stereocenters.